The zero-order chi connectivity index (χ0) is 15.2. The lowest BCUT2D eigenvalue weighted by atomic mass is 9.97. The summed E-state index contributed by atoms with van der Waals surface area (Å²) >= 11 is 5.16. The molecule has 1 aliphatic carbocycles. The second kappa shape index (κ2) is 7.55. The van der Waals surface area contributed by atoms with Crippen LogP contribution in [0.2, 0.25) is 0 Å². The molecule has 4 heteroatoms. The number of hydrogen-bond donors (Lipinski definition) is 1. The molecule has 1 atom stereocenters. The maximum Gasteiger partial charge on any atom is 0.233 e. The smallest absolute Gasteiger partial charge is 0.233 e. The van der Waals surface area contributed by atoms with Crippen molar-refractivity contribution in [1.29, 1.82) is 0 Å². The van der Waals surface area contributed by atoms with Gasteiger partial charge in [-0.05, 0) is 31.2 Å². The summed E-state index contributed by atoms with van der Waals surface area (Å²) in [7, 11) is 0. The lowest BCUT2D eigenvalue weighted by Gasteiger charge is -2.27. The average Bonchev–Trinajstić information content (AvgIpc) is 3.30. The standard InChI is InChI=1S/C17H24N2OS/c1-2-3-11-19(14-9-10-14)17(20)15(16(18)21)12-13-7-5-4-6-8-13/h4-8,14-15H,2-3,9-12H2,1H3,(H2,18,21). The van der Waals surface area contributed by atoms with E-state index < -0.39 is 0 Å². The van der Waals surface area contributed by atoms with Gasteiger partial charge in [0.1, 0.15) is 0 Å². The molecule has 1 amide bonds. The Balaban J connectivity index is 2.08. The minimum absolute atomic E-state index is 0.113. The number of rotatable bonds is 8. The minimum atomic E-state index is -0.375. The Hall–Kier alpha value is -1.42. The van der Waals surface area contributed by atoms with Crippen LogP contribution in [0.15, 0.2) is 30.3 Å². The van der Waals surface area contributed by atoms with Crippen LogP contribution in [0, 0.1) is 5.92 Å². The highest BCUT2D eigenvalue weighted by atomic mass is 32.1. The van der Waals surface area contributed by atoms with Gasteiger partial charge in [-0.3, -0.25) is 4.79 Å². The van der Waals surface area contributed by atoms with Gasteiger partial charge in [0, 0.05) is 12.6 Å². The number of unbranched alkanes of at least 4 members (excludes halogenated alkanes) is 1. The SMILES string of the molecule is CCCCN(C(=O)C(Cc1ccccc1)C(N)=S)C1CC1. The third kappa shape index (κ3) is 4.53. The van der Waals surface area contributed by atoms with Crippen LogP contribution in [0.4, 0.5) is 0 Å². The van der Waals surface area contributed by atoms with Crippen molar-refractivity contribution in [2.24, 2.45) is 11.7 Å². The normalized spacial score (nSPS) is 15.5. The van der Waals surface area contributed by atoms with E-state index in [0.717, 1.165) is 37.8 Å². The fourth-order valence-electron chi connectivity index (χ4n) is 2.55. The van der Waals surface area contributed by atoms with Crippen LogP contribution < -0.4 is 5.73 Å². The molecule has 1 unspecified atom stereocenters. The quantitative estimate of drug-likeness (QED) is 0.751. The summed E-state index contributed by atoms with van der Waals surface area (Å²) in [4.78, 5) is 15.2. The maximum absolute atomic E-state index is 12.8. The largest absolute Gasteiger partial charge is 0.393 e. The van der Waals surface area contributed by atoms with Gasteiger partial charge in [-0.15, -0.1) is 0 Å². The van der Waals surface area contributed by atoms with Crippen LogP contribution in [-0.4, -0.2) is 28.4 Å². The van der Waals surface area contributed by atoms with Crippen molar-refractivity contribution in [2.75, 3.05) is 6.54 Å². The molecule has 2 rings (SSSR count). The van der Waals surface area contributed by atoms with Gasteiger partial charge in [-0.25, -0.2) is 0 Å². The van der Waals surface area contributed by atoms with Crippen molar-refractivity contribution in [1.82, 2.24) is 4.90 Å². The van der Waals surface area contributed by atoms with Gasteiger partial charge >= 0.3 is 0 Å². The summed E-state index contributed by atoms with van der Waals surface area (Å²) in [5.74, 6) is -0.262. The van der Waals surface area contributed by atoms with Crippen molar-refractivity contribution < 1.29 is 4.79 Å². The molecule has 0 heterocycles. The molecule has 0 radical (unpaired) electrons. The number of hydrogen-bond acceptors (Lipinski definition) is 2. The fraction of sp³-hybridized carbons (Fsp3) is 0.529. The van der Waals surface area contributed by atoms with Crippen molar-refractivity contribution in [3.8, 4) is 0 Å². The van der Waals surface area contributed by atoms with Crippen LogP contribution >= 0.6 is 12.2 Å². The molecule has 0 saturated heterocycles. The van der Waals surface area contributed by atoms with Gasteiger partial charge in [0.25, 0.3) is 0 Å². The lowest BCUT2D eigenvalue weighted by Crippen LogP contribution is -2.43. The van der Waals surface area contributed by atoms with E-state index in [1.165, 1.54) is 0 Å². The minimum Gasteiger partial charge on any atom is -0.393 e. The Morgan fingerprint density at radius 2 is 2.05 bits per heavy atom. The van der Waals surface area contributed by atoms with E-state index in [4.69, 9.17) is 18.0 Å². The number of thiocarbonyl (C=S) groups is 1. The summed E-state index contributed by atoms with van der Waals surface area (Å²) in [6.45, 7) is 2.97. The van der Waals surface area contributed by atoms with Crippen molar-refractivity contribution in [3.63, 3.8) is 0 Å². The molecule has 1 aromatic carbocycles. The Kier molecular flexibility index (Phi) is 5.74. The van der Waals surface area contributed by atoms with Gasteiger partial charge in [0.2, 0.25) is 5.91 Å². The van der Waals surface area contributed by atoms with Crippen LogP contribution in [-0.2, 0) is 11.2 Å². The summed E-state index contributed by atoms with van der Waals surface area (Å²) in [5.41, 5.74) is 6.96. The molecular weight excluding hydrogens is 280 g/mol. The Morgan fingerprint density at radius 1 is 1.38 bits per heavy atom. The second-order valence-corrected chi connectivity index (χ2v) is 6.23. The third-order valence-electron chi connectivity index (χ3n) is 3.95. The highest BCUT2D eigenvalue weighted by molar-refractivity contribution is 7.80. The third-order valence-corrected chi connectivity index (χ3v) is 4.23. The van der Waals surface area contributed by atoms with E-state index in [1.54, 1.807) is 0 Å². The van der Waals surface area contributed by atoms with E-state index in [0.29, 0.717) is 17.5 Å². The number of nitrogens with zero attached hydrogens (tertiary/aromatic N) is 1. The predicted molar refractivity (Wildman–Crippen MR) is 90.1 cm³/mol. The molecule has 0 aliphatic heterocycles. The predicted octanol–water partition coefficient (Wildman–Crippen LogP) is 2.92. The number of carbonyl (C=O) groups excluding carboxylic acids is 1. The van der Waals surface area contributed by atoms with Crippen LogP contribution in [0.25, 0.3) is 0 Å². The van der Waals surface area contributed by atoms with Crippen molar-refractivity contribution in [2.45, 2.75) is 45.1 Å². The Morgan fingerprint density at radius 3 is 2.57 bits per heavy atom. The molecule has 1 aromatic rings. The van der Waals surface area contributed by atoms with E-state index in [2.05, 4.69) is 6.92 Å². The van der Waals surface area contributed by atoms with Gasteiger partial charge in [-0.1, -0.05) is 55.9 Å². The zero-order valence-corrected chi connectivity index (χ0v) is 13.4. The molecule has 2 N–H and O–H groups in total. The first-order valence-corrected chi connectivity index (χ1v) is 8.18. The lowest BCUT2D eigenvalue weighted by molar-refractivity contribution is -0.134. The first-order chi connectivity index (χ1) is 10.1. The molecule has 3 nitrogen and oxygen atoms in total. The molecule has 0 bridgehead atoms. The Bertz CT molecular complexity index is 485. The molecule has 1 fully saturated rings. The molecule has 0 aromatic heterocycles. The molecule has 0 spiro atoms. The second-order valence-electron chi connectivity index (χ2n) is 5.76. The topological polar surface area (TPSA) is 46.3 Å². The molecular formula is C17H24N2OS. The van der Waals surface area contributed by atoms with E-state index in [1.807, 2.05) is 35.2 Å². The van der Waals surface area contributed by atoms with E-state index >= 15 is 0 Å². The first-order valence-electron chi connectivity index (χ1n) is 7.77. The molecule has 21 heavy (non-hydrogen) atoms. The van der Waals surface area contributed by atoms with Crippen LogP contribution in [0.1, 0.15) is 38.2 Å². The van der Waals surface area contributed by atoms with Crippen LogP contribution in [0.3, 0.4) is 0 Å². The van der Waals surface area contributed by atoms with E-state index in [9.17, 15) is 4.79 Å². The molecule has 114 valence electrons. The highest BCUT2D eigenvalue weighted by Crippen LogP contribution is 2.29. The molecule has 1 saturated carbocycles. The average molecular weight is 304 g/mol. The van der Waals surface area contributed by atoms with Crippen LogP contribution in [0.5, 0.6) is 0 Å². The monoisotopic (exact) mass is 304 g/mol. The summed E-state index contributed by atoms with van der Waals surface area (Å²) in [6, 6.07) is 10.4. The van der Waals surface area contributed by atoms with Gasteiger partial charge in [0.15, 0.2) is 0 Å². The maximum atomic E-state index is 12.8. The van der Waals surface area contributed by atoms with E-state index in [-0.39, 0.29) is 11.8 Å². The van der Waals surface area contributed by atoms with Gasteiger partial charge in [0.05, 0.1) is 10.9 Å². The fourth-order valence-corrected chi connectivity index (χ4v) is 2.73. The van der Waals surface area contributed by atoms with Gasteiger partial charge in [-0.2, -0.15) is 0 Å². The molecule has 1 aliphatic rings. The first kappa shape index (κ1) is 16.0. The Labute approximate surface area is 132 Å². The van der Waals surface area contributed by atoms with Crippen molar-refractivity contribution >= 4 is 23.1 Å². The number of amides is 1. The van der Waals surface area contributed by atoms with Crippen molar-refractivity contribution in [3.05, 3.63) is 35.9 Å². The number of benzene rings is 1. The number of carbonyl (C=O) groups is 1. The number of nitrogens with two attached hydrogens (primary N) is 1. The summed E-state index contributed by atoms with van der Waals surface area (Å²) in [6.07, 6.45) is 4.96. The highest BCUT2D eigenvalue weighted by Gasteiger charge is 2.36. The summed E-state index contributed by atoms with van der Waals surface area (Å²) in [5, 5.41) is 0. The summed E-state index contributed by atoms with van der Waals surface area (Å²) < 4.78 is 0. The zero-order valence-electron chi connectivity index (χ0n) is 12.6. The van der Waals surface area contributed by atoms with Gasteiger partial charge < -0.3 is 10.6 Å².